The molecule has 4 atom stereocenters. The number of thiazole rings is 1. The molecular formula is C19H19N4NaO6S. The SMILES string of the molecule is CC(=O)NCC(=O)c1ncn2cc(C3=C(C(=O)[O-])N4C(=O)[C@H]([C@@H](C)O)[C@H]4[C@H]3C)sc12.[Na+]. The van der Waals surface area contributed by atoms with Crippen LogP contribution in [-0.4, -0.2) is 61.6 Å². The number of hydrogen-bond donors (Lipinski definition) is 2. The van der Waals surface area contributed by atoms with Crippen LogP contribution in [0.2, 0.25) is 0 Å². The van der Waals surface area contributed by atoms with Gasteiger partial charge in [0, 0.05) is 24.6 Å². The number of aliphatic carboxylic acids is 1. The maximum absolute atomic E-state index is 12.5. The maximum Gasteiger partial charge on any atom is 1.00 e. The summed E-state index contributed by atoms with van der Waals surface area (Å²) in [5.41, 5.74) is 0.408. The third-order valence-electron chi connectivity index (χ3n) is 5.60. The summed E-state index contributed by atoms with van der Waals surface area (Å²) in [5, 5.41) is 24.3. The molecule has 2 amide bonds. The van der Waals surface area contributed by atoms with E-state index in [0.717, 1.165) is 0 Å². The number of amides is 2. The van der Waals surface area contributed by atoms with Crippen molar-refractivity contribution < 1.29 is 58.9 Å². The van der Waals surface area contributed by atoms with Crippen LogP contribution in [0.4, 0.5) is 0 Å². The number of carboxylic acids is 1. The van der Waals surface area contributed by atoms with E-state index < -0.39 is 29.9 Å². The van der Waals surface area contributed by atoms with Gasteiger partial charge in [0.25, 0.3) is 0 Å². The van der Waals surface area contributed by atoms with Crippen molar-refractivity contribution in [3.05, 3.63) is 28.8 Å². The van der Waals surface area contributed by atoms with Crippen LogP contribution in [0.5, 0.6) is 0 Å². The number of aliphatic hydroxyl groups excluding tert-OH is 1. The monoisotopic (exact) mass is 454 g/mol. The molecule has 0 bridgehead atoms. The largest absolute Gasteiger partial charge is 1.00 e. The van der Waals surface area contributed by atoms with Crippen molar-refractivity contribution in [1.82, 2.24) is 19.6 Å². The fourth-order valence-electron chi connectivity index (χ4n) is 4.29. The van der Waals surface area contributed by atoms with E-state index in [1.54, 1.807) is 17.5 Å². The summed E-state index contributed by atoms with van der Waals surface area (Å²) in [7, 11) is 0. The van der Waals surface area contributed by atoms with Gasteiger partial charge in [-0.25, -0.2) is 4.98 Å². The van der Waals surface area contributed by atoms with Gasteiger partial charge in [-0.05, 0) is 6.92 Å². The molecule has 0 saturated carbocycles. The summed E-state index contributed by atoms with van der Waals surface area (Å²) in [5.74, 6) is -3.62. The van der Waals surface area contributed by atoms with Gasteiger partial charge in [0.1, 0.15) is 16.9 Å². The average Bonchev–Trinajstić information content (AvgIpc) is 3.29. The van der Waals surface area contributed by atoms with Crippen molar-refractivity contribution in [1.29, 1.82) is 0 Å². The number of aliphatic hydroxyl groups is 1. The quantitative estimate of drug-likeness (QED) is 0.257. The molecule has 1 fully saturated rings. The number of carbonyl (C=O) groups is 4. The van der Waals surface area contributed by atoms with Crippen molar-refractivity contribution in [2.45, 2.75) is 32.9 Å². The second-order valence-corrected chi connectivity index (χ2v) is 8.57. The number of fused-ring (bicyclic) bond motifs is 2. The minimum absolute atomic E-state index is 0. The van der Waals surface area contributed by atoms with Crippen molar-refractivity contribution in [2.24, 2.45) is 11.8 Å². The molecule has 31 heavy (non-hydrogen) atoms. The van der Waals surface area contributed by atoms with Gasteiger partial charge in [0.05, 0.1) is 41.2 Å². The van der Waals surface area contributed by atoms with E-state index in [4.69, 9.17) is 0 Å². The molecule has 2 aromatic heterocycles. The molecule has 2 aromatic rings. The molecule has 10 nitrogen and oxygen atoms in total. The van der Waals surface area contributed by atoms with Crippen molar-refractivity contribution in [3.63, 3.8) is 0 Å². The summed E-state index contributed by atoms with van der Waals surface area (Å²) < 4.78 is 1.61. The molecule has 1 saturated heterocycles. The fourth-order valence-corrected chi connectivity index (χ4v) is 5.52. The van der Waals surface area contributed by atoms with E-state index in [9.17, 15) is 29.4 Å². The van der Waals surface area contributed by atoms with Crippen LogP contribution in [0.1, 0.15) is 36.1 Å². The number of ketones is 1. The molecule has 0 spiro atoms. The number of Topliss-reactive ketones (excluding diaryl/α,β-unsaturated/α-hetero) is 1. The normalized spacial score (nSPS) is 23.3. The molecule has 2 aliphatic heterocycles. The molecule has 0 unspecified atom stereocenters. The van der Waals surface area contributed by atoms with E-state index in [0.29, 0.717) is 15.3 Å². The van der Waals surface area contributed by atoms with Crippen molar-refractivity contribution in [3.8, 4) is 0 Å². The van der Waals surface area contributed by atoms with Gasteiger partial charge in [-0.1, -0.05) is 6.92 Å². The van der Waals surface area contributed by atoms with Gasteiger partial charge in [-0.3, -0.25) is 18.8 Å². The summed E-state index contributed by atoms with van der Waals surface area (Å²) in [4.78, 5) is 54.2. The first-order valence-electron chi connectivity index (χ1n) is 9.34. The molecule has 12 heteroatoms. The molecule has 0 aromatic carbocycles. The zero-order chi connectivity index (χ0) is 21.9. The second kappa shape index (κ2) is 8.47. The number of nitrogens with one attached hydrogen (secondary N) is 1. The van der Waals surface area contributed by atoms with Gasteiger partial charge in [-0.15, -0.1) is 11.3 Å². The maximum atomic E-state index is 12.5. The Kier molecular flexibility index (Phi) is 6.45. The Labute approximate surface area is 203 Å². The topological polar surface area (TPSA) is 144 Å². The van der Waals surface area contributed by atoms with E-state index >= 15 is 0 Å². The number of nitrogens with zero attached hydrogens (tertiary/aromatic N) is 3. The summed E-state index contributed by atoms with van der Waals surface area (Å²) in [6, 6.07) is -0.458. The Balaban J connectivity index is 0.00000272. The number of carboxylic acid groups (broad SMARTS) is 1. The summed E-state index contributed by atoms with van der Waals surface area (Å²) in [6.07, 6.45) is 2.20. The van der Waals surface area contributed by atoms with Crippen LogP contribution in [0, 0.1) is 11.8 Å². The van der Waals surface area contributed by atoms with Gasteiger partial charge >= 0.3 is 29.6 Å². The Bertz CT molecular complexity index is 1140. The molecule has 158 valence electrons. The molecule has 4 rings (SSSR count). The van der Waals surface area contributed by atoms with Gasteiger partial charge < -0.3 is 25.2 Å². The Morgan fingerprint density at radius 2 is 2.06 bits per heavy atom. The van der Waals surface area contributed by atoms with Crippen LogP contribution in [0.3, 0.4) is 0 Å². The standard InChI is InChI=1S/C19H20N4O6S.Na/c1-7-12(16(19(28)29)23-15(7)13(8(2)24)17(23)27)11-5-22-6-21-14(18(22)30-11)10(26)4-20-9(3)25;/h5-8,13,15,24H,4H2,1-3H3,(H,20,25)(H,28,29);/q;+1/p-1/t7-,8+,13+,15+;/m0./s1. The predicted molar refractivity (Wildman–Crippen MR) is 103 cm³/mol. The van der Waals surface area contributed by atoms with Gasteiger partial charge in [-0.2, -0.15) is 0 Å². The number of rotatable bonds is 6. The van der Waals surface area contributed by atoms with Crippen LogP contribution < -0.4 is 40.0 Å². The Hall–Kier alpha value is -2.05. The number of hydrogen-bond acceptors (Lipinski definition) is 8. The molecule has 0 aliphatic carbocycles. The van der Waals surface area contributed by atoms with Crippen LogP contribution in [-0.2, 0) is 14.4 Å². The third-order valence-corrected chi connectivity index (χ3v) is 6.75. The van der Waals surface area contributed by atoms with Crippen LogP contribution >= 0.6 is 11.3 Å². The first-order valence-corrected chi connectivity index (χ1v) is 10.2. The molecular weight excluding hydrogens is 435 g/mol. The smallest absolute Gasteiger partial charge is 0.543 e. The second-order valence-electron chi connectivity index (χ2n) is 7.54. The molecule has 2 N–H and O–H groups in total. The Morgan fingerprint density at radius 1 is 1.39 bits per heavy atom. The number of β-lactam (4-membered cyclic amide) rings is 1. The average molecular weight is 454 g/mol. The van der Waals surface area contributed by atoms with Crippen LogP contribution in [0.25, 0.3) is 10.4 Å². The first-order chi connectivity index (χ1) is 14.1. The van der Waals surface area contributed by atoms with Crippen molar-refractivity contribution in [2.75, 3.05) is 6.54 Å². The predicted octanol–water partition coefficient (Wildman–Crippen LogP) is -3.96. The molecule has 4 heterocycles. The van der Waals surface area contributed by atoms with Gasteiger partial charge in [0.15, 0.2) is 0 Å². The summed E-state index contributed by atoms with van der Waals surface area (Å²) >= 11 is 1.18. The van der Waals surface area contributed by atoms with E-state index in [-0.39, 0.29) is 65.1 Å². The summed E-state index contributed by atoms with van der Waals surface area (Å²) in [6.45, 7) is 4.43. The van der Waals surface area contributed by atoms with E-state index in [1.807, 2.05) is 0 Å². The molecule has 0 radical (unpaired) electrons. The van der Waals surface area contributed by atoms with Gasteiger partial charge in [0.2, 0.25) is 17.6 Å². The van der Waals surface area contributed by atoms with Crippen LogP contribution in [0.15, 0.2) is 18.2 Å². The van der Waals surface area contributed by atoms with E-state index in [2.05, 4.69) is 10.3 Å². The minimum atomic E-state index is -1.46. The first kappa shape index (κ1) is 23.6. The number of carbonyl (C=O) groups excluding carboxylic acids is 4. The fraction of sp³-hybridized carbons (Fsp3) is 0.421. The Morgan fingerprint density at radius 3 is 2.65 bits per heavy atom. The number of aromatic nitrogens is 2. The zero-order valence-corrected chi connectivity index (χ0v) is 20.2. The van der Waals surface area contributed by atoms with Crippen molar-refractivity contribution >= 4 is 45.3 Å². The van der Waals surface area contributed by atoms with E-state index in [1.165, 1.54) is 36.4 Å². The molecule has 2 aliphatic rings. The zero-order valence-electron chi connectivity index (χ0n) is 17.4. The number of imidazole rings is 1. The third kappa shape index (κ3) is 3.64. The minimum Gasteiger partial charge on any atom is -0.543 e.